The predicted octanol–water partition coefficient (Wildman–Crippen LogP) is 5.71. The predicted molar refractivity (Wildman–Crippen MR) is 175 cm³/mol. The average molecular weight is 621 g/mol. The maximum absolute atomic E-state index is 13.6. The van der Waals surface area contributed by atoms with Crippen molar-refractivity contribution < 1.29 is 28.5 Å². The van der Waals surface area contributed by atoms with E-state index < -0.39 is 0 Å². The molecule has 1 fully saturated rings. The Balaban J connectivity index is 1.01. The van der Waals surface area contributed by atoms with Crippen LogP contribution in [0.3, 0.4) is 0 Å². The summed E-state index contributed by atoms with van der Waals surface area (Å²) in [5.74, 6) is 1.82. The van der Waals surface area contributed by atoms with Gasteiger partial charge in [0.15, 0.2) is 23.0 Å². The van der Waals surface area contributed by atoms with E-state index in [-0.39, 0.29) is 23.9 Å². The zero-order valence-electron chi connectivity index (χ0n) is 26.2. The van der Waals surface area contributed by atoms with Crippen LogP contribution in [0, 0.1) is 0 Å². The molecule has 2 atom stereocenters. The number of carbonyl (C=O) groups excluding carboxylic acids is 2. The van der Waals surface area contributed by atoms with Crippen LogP contribution in [0.15, 0.2) is 70.2 Å². The van der Waals surface area contributed by atoms with Gasteiger partial charge in [0.25, 0.3) is 11.8 Å². The number of ether oxygens (including phenoxy) is 4. The molecule has 10 nitrogen and oxygen atoms in total. The fourth-order valence-corrected chi connectivity index (χ4v) is 6.51. The Kier molecular flexibility index (Phi) is 7.94. The number of fused-ring (bicyclic) bond motifs is 5. The lowest BCUT2D eigenvalue weighted by atomic mass is 9.94. The number of aliphatic imine (C=N–C) groups is 2. The van der Waals surface area contributed by atoms with Crippen LogP contribution in [0.25, 0.3) is 0 Å². The second-order valence-corrected chi connectivity index (χ2v) is 11.8. The monoisotopic (exact) mass is 620 g/mol. The molecule has 0 aliphatic carbocycles. The lowest BCUT2D eigenvalue weighted by Crippen LogP contribution is -2.44. The van der Waals surface area contributed by atoms with Crippen molar-refractivity contribution >= 4 is 35.6 Å². The molecule has 7 rings (SSSR count). The van der Waals surface area contributed by atoms with Crippen LogP contribution in [-0.4, -0.2) is 80.1 Å². The summed E-state index contributed by atoms with van der Waals surface area (Å²) in [5.41, 5.74) is 5.75. The van der Waals surface area contributed by atoms with Gasteiger partial charge in [0, 0.05) is 44.1 Å². The lowest BCUT2D eigenvalue weighted by molar-refractivity contribution is 0.0702. The second-order valence-electron chi connectivity index (χ2n) is 11.8. The van der Waals surface area contributed by atoms with Crippen molar-refractivity contribution in [2.45, 2.75) is 44.8 Å². The Morgan fingerprint density at radius 2 is 1.28 bits per heavy atom. The van der Waals surface area contributed by atoms with Crippen molar-refractivity contribution in [2.75, 3.05) is 34.0 Å². The molecular formula is C36H36N4O6. The molecule has 0 radical (unpaired) electrons. The van der Waals surface area contributed by atoms with Gasteiger partial charge in [-0.2, -0.15) is 0 Å². The van der Waals surface area contributed by atoms with E-state index in [4.69, 9.17) is 23.9 Å². The molecule has 4 aliphatic rings. The highest BCUT2D eigenvalue weighted by Crippen LogP contribution is 2.40. The third-order valence-electron chi connectivity index (χ3n) is 9.06. The van der Waals surface area contributed by atoms with E-state index >= 15 is 0 Å². The third-order valence-corrected chi connectivity index (χ3v) is 9.06. The highest BCUT2D eigenvalue weighted by atomic mass is 16.5. The fraction of sp³-hybridized carbons (Fsp3) is 0.333. The summed E-state index contributed by atoms with van der Waals surface area (Å²) in [6.07, 6.45) is 7.86. The molecule has 0 aromatic heterocycles. The van der Waals surface area contributed by atoms with Gasteiger partial charge in [0.1, 0.15) is 0 Å². The van der Waals surface area contributed by atoms with Crippen molar-refractivity contribution in [2.24, 2.45) is 9.98 Å². The number of hydrogen-bond donors (Lipinski definition) is 0. The Bertz CT molecular complexity index is 1800. The summed E-state index contributed by atoms with van der Waals surface area (Å²) in [5, 5.41) is 0. The van der Waals surface area contributed by atoms with Gasteiger partial charge in [-0.25, -0.2) is 0 Å². The highest BCUT2D eigenvalue weighted by Gasteiger charge is 2.35. The number of amides is 2. The van der Waals surface area contributed by atoms with Crippen LogP contribution in [0.4, 0.5) is 11.4 Å². The Morgan fingerprint density at radius 3 is 1.85 bits per heavy atom. The largest absolute Gasteiger partial charge is 0.493 e. The summed E-state index contributed by atoms with van der Waals surface area (Å²) in [4.78, 5) is 40.1. The first kappa shape index (κ1) is 29.6. The average Bonchev–Trinajstić information content (AvgIpc) is 3.40. The highest BCUT2D eigenvalue weighted by molar-refractivity contribution is 6.04. The number of rotatable bonds is 8. The second kappa shape index (κ2) is 12.3. The molecule has 3 aromatic carbocycles. The van der Waals surface area contributed by atoms with Gasteiger partial charge in [-0.05, 0) is 43.0 Å². The standard InChI is InChI=1S/C36H36N4O6/c1-4-22-12-25-18-37-29-16-33(31(43-2)14-27(29)35(41)39(25)20-22)45-10-7-11-46-34-17-30-28(15-32(34)44-3)36(42)40-21-24-9-6-5-8-23(24)13-26(40)19-38-30/h4-6,8-9,14-19,25-26H,7,10-13,20-21H2,1-3H3/b22-4-/t25-,26+/m0/s1. The molecule has 46 heavy (non-hydrogen) atoms. The first-order chi connectivity index (χ1) is 22.5. The van der Waals surface area contributed by atoms with Gasteiger partial charge in [-0.3, -0.25) is 19.6 Å². The minimum absolute atomic E-state index is 0.0498. The number of carbonyl (C=O) groups is 2. The van der Waals surface area contributed by atoms with E-state index in [1.807, 2.05) is 41.3 Å². The maximum atomic E-state index is 13.6. The molecular weight excluding hydrogens is 584 g/mol. The zero-order valence-corrected chi connectivity index (χ0v) is 26.2. The molecule has 4 heterocycles. The molecule has 236 valence electrons. The van der Waals surface area contributed by atoms with Crippen molar-refractivity contribution in [1.29, 1.82) is 0 Å². The molecule has 0 N–H and O–H groups in total. The molecule has 0 saturated carbocycles. The summed E-state index contributed by atoms with van der Waals surface area (Å²) < 4.78 is 23.4. The Morgan fingerprint density at radius 1 is 0.739 bits per heavy atom. The van der Waals surface area contributed by atoms with Crippen molar-refractivity contribution in [1.82, 2.24) is 9.80 Å². The third kappa shape index (κ3) is 5.37. The summed E-state index contributed by atoms with van der Waals surface area (Å²) in [6, 6.07) is 15.0. The Hall–Kier alpha value is -5.12. The van der Waals surface area contributed by atoms with Crippen molar-refractivity contribution in [3.05, 3.63) is 82.4 Å². The van der Waals surface area contributed by atoms with Crippen LogP contribution in [0.5, 0.6) is 23.0 Å². The minimum Gasteiger partial charge on any atom is -0.493 e. The van der Waals surface area contributed by atoms with Gasteiger partial charge in [-0.1, -0.05) is 35.9 Å². The van der Waals surface area contributed by atoms with Crippen LogP contribution >= 0.6 is 0 Å². The van der Waals surface area contributed by atoms with Crippen molar-refractivity contribution in [3.8, 4) is 23.0 Å². The van der Waals surface area contributed by atoms with Gasteiger partial charge in [0.05, 0.1) is 62.0 Å². The van der Waals surface area contributed by atoms with Gasteiger partial charge < -0.3 is 28.7 Å². The van der Waals surface area contributed by atoms with Crippen LogP contribution in [0.1, 0.15) is 51.6 Å². The van der Waals surface area contributed by atoms with Crippen LogP contribution in [0.2, 0.25) is 0 Å². The summed E-state index contributed by atoms with van der Waals surface area (Å²) in [7, 11) is 3.12. The first-order valence-corrected chi connectivity index (χ1v) is 15.6. The van der Waals surface area contributed by atoms with E-state index in [2.05, 4.69) is 23.2 Å². The van der Waals surface area contributed by atoms with Gasteiger partial charge in [-0.15, -0.1) is 0 Å². The molecule has 10 heteroatoms. The SMILES string of the molecule is C/C=C1/C[C@H]2C=Nc3cc(OCCCOc4cc5c(cc4OC)C(=O)N4Cc6ccccc6C[C@@H]4C=N5)c(OC)cc3C(=O)N2C1. The molecule has 2 amide bonds. The molecule has 1 saturated heterocycles. The van der Waals surface area contributed by atoms with Gasteiger partial charge in [0.2, 0.25) is 0 Å². The number of nitrogens with zero attached hydrogens (tertiary/aromatic N) is 4. The fourth-order valence-electron chi connectivity index (χ4n) is 6.51. The first-order valence-electron chi connectivity index (χ1n) is 15.6. The van der Waals surface area contributed by atoms with Crippen molar-refractivity contribution in [3.63, 3.8) is 0 Å². The number of allylic oxidation sites excluding steroid dienone is 1. The minimum atomic E-state index is -0.112. The van der Waals surface area contributed by atoms with Gasteiger partial charge >= 0.3 is 0 Å². The van der Waals surface area contributed by atoms with E-state index in [9.17, 15) is 9.59 Å². The van der Waals surface area contributed by atoms with Crippen LogP contribution in [-0.2, 0) is 13.0 Å². The van der Waals surface area contributed by atoms with E-state index in [1.54, 1.807) is 38.5 Å². The van der Waals surface area contributed by atoms with E-state index in [0.29, 0.717) is 78.2 Å². The number of benzene rings is 3. The summed E-state index contributed by atoms with van der Waals surface area (Å²) in [6.45, 7) is 3.83. The van der Waals surface area contributed by atoms with E-state index in [1.165, 1.54) is 11.1 Å². The molecule has 3 aromatic rings. The number of methoxy groups -OCH3 is 2. The smallest absolute Gasteiger partial charge is 0.257 e. The zero-order chi connectivity index (χ0) is 31.8. The normalized spacial score (nSPS) is 20.3. The molecule has 0 unspecified atom stereocenters. The molecule has 0 bridgehead atoms. The summed E-state index contributed by atoms with van der Waals surface area (Å²) >= 11 is 0. The van der Waals surface area contributed by atoms with Crippen LogP contribution < -0.4 is 18.9 Å². The topological polar surface area (TPSA) is 102 Å². The number of hydrogen-bond acceptors (Lipinski definition) is 8. The quantitative estimate of drug-likeness (QED) is 0.236. The Labute approximate surface area is 267 Å². The molecule has 4 aliphatic heterocycles. The lowest BCUT2D eigenvalue weighted by Gasteiger charge is -2.34. The maximum Gasteiger partial charge on any atom is 0.257 e. The molecule has 0 spiro atoms. The van der Waals surface area contributed by atoms with E-state index in [0.717, 1.165) is 18.4 Å².